The minimum absolute atomic E-state index is 0.192. The predicted molar refractivity (Wildman–Crippen MR) is 171 cm³/mol. The molecule has 0 bridgehead atoms. The molecule has 8 nitrogen and oxygen atoms in total. The minimum Gasteiger partial charge on any atom is -0.494 e. The summed E-state index contributed by atoms with van der Waals surface area (Å²) in [6.45, 7) is 5.32. The number of aryl methyl sites for hydroxylation is 1. The molecule has 216 valence electrons. The number of thiocarbonyl (C=S) groups is 1. The van der Waals surface area contributed by atoms with E-state index in [1.807, 2.05) is 62.5 Å². The minimum atomic E-state index is -0.511. The third-order valence-electron chi connectivity index (χ3n) is 6.84. The van der Waals surface area contributed by atoms with E-state index in [1.54, 1.807) is 30.3 Å². The topological polar surface area (TPSA) is 73.2 Å². The lowest BCUT2D eigenvalue weighted by atomic mass is 10.1. The van der Waals surface area contributed by atoms with Crippen LogP contribution in [0.3, 0.4) is 0 Å². The van der Waals surface area contributed by atoms with Gasteiger partial charge in [-0.2, -0.15) is 0 Å². The lowest BCUT2D eigenvalue weighted by Gasteiger charge is -2.19. The van der Waals surface area contributed by atoms with Gasteiger partial charge in [0.2, 0.25) is 0 Å². The largest absolute Gasteiger partial charge is 0.494 e. The zero-order chi connectivity index (χ0) is 29.8. The SMILES string of the molecule is CCOc1ccc(N2C(=O)/C(=C/c3cn(CCOc4ccc(C)cc4)c4ccc(Br)cc34)N(CC(=O)OC)C2=S)cc1. The van der Waals surface area contributed by atoms with Gasteiger partial charge in [-0.15, -0.1) is 0 Å². The Hall–Kier alpha value is -4.15. The van der Waals surface area contributed by atoms with E-state index in [0.29, 0.717) is 31.2 Å². The Kier molecular flexibility index (Phi) is 8.94. The fourth-order valence-corrected chi connectivity index (χ4v) is 5.47. The van der Waals surface area contributed by atoms with Crippen molar-refractivity contribution in [3.63, 3.8) is 0 Å². The average Bonchev–Trinajstić information content (AvgIpc) is 3.43. The molecule has 3 aromatic carbocycles. The Morgan fingerprint density at radius 1 is 1.00 bits per heavy atom. The zero-order valence-corrected chi connectivity index (χ0v) is 25.9. The van der Waals surface area contributed by atoms with Gasteiger partial charge in [0.1, 0.15) is 30.3 Å². The van der Waals surface area contributed by atoms with Crippen molar-refractivity contribution < 1.29 is 23.8 Å². The van der Waals surface area contributed by atoms with Crippen LogP contribution in [0, 0.1) is 6.92 Å². The molecule has 0 atom stereocenters. The van der Waals surface area contributed by atoms with E-state index in [0.717, 1.165) is 26.7 Å². The monoisotopic (exact) mass is 647 g/mol. The van der Waals surface area contributed by atoms with Crippen molar-refractivity contribution in [2.45, 2.75) is 20.4 Å². The van der Waals surface area contributed by atoms with Gasteiger partial charge in [0.05, 0.1) is 25.9 Å². The van der Waals surface area contributed by atoms with E-state index in [1.165, 1.54) is 22.5 Å². The highest BCUT2D eigenvalue weighted by atomic mass is 79.9. The van der Waals surface area contributed by atoms with Crippen molar-refractivity contribution in [1.29, 1.82) is 0 Å². The Balaban J connectivity index is 1.50. The summed E-state index contributed by atoms with van der Waals surface area (Å²) in [5, 5.41) is 1.13. The molecule has 1 fully saturated rings. The molecule has 1 aliphatic heterocycles. The van der Waals surface area contributed by atoms with Gasteiger partial charge in [-0.1, -0.05) is 33.6 Å². The molecule has 0 N–H and O–H groups in total. The second-order valence-corrected chi connectivity index (χ2v) is 10.9. The molecule has 0 aliphatic carbocycles. The van der Waals surface area contributed by atoms with Crippen LogP contribution in [0.15, 0.2) is 83.1 Å². The fourth-order valence-electron chi connectivity index (χ4n) is 4.75. The van der Waals surface area contributed by atoms with E-state index < -0.39 is 5.97 Å². The van der Waals surface area contributed by atoms with Crippen LogP contribution in [-0.4, -0.2) is 53.3 Å². The third-order valence-corrected chi connectivity index (χ3v) is 7.74. The van der Waals surface area contributed by atoms with Gasteiger partial charge in [0.15, 0.2) is 5.11 Å². The molecule has 2 heterocycles. The summed E-state index contributed by atoms with van der Waals surface area (Å²) in [5.74, 6) is 0.639. The number of anilines is 1. The van der Waals surface area contributed by atoms with Crippen molar-refractivity contribution in [3.05, 3.63) is 94.2 Å². The number of rotatable bonds is 10. The summed E-state index contributed by atoms with van der Waals surface area (Å²) < 4.78 is 19.4. The maximum atomic E-state index is 13.9. The standard InChI is InChI=1S/C32H30BrN3O5S/c1-4-40-25-12-8-24(9-13-25)36-31(38)29(35(32(36)42)20-30(37)39-3)17-22-19-34(28-14-7-23(33)18-27(22)28)15-16-41-26-10-5-21(2)6-11-26/h5-14,17-19H,4,15-16,20H2,1-3H3/b29-17-. The Morgan fingerprint density at radius 2 is 1.69 bits per heavy atom. The van der Waals surface area contributed by atoms with Crippen LogP contribution in [0.2, 0.25) is 0 Å². The number of esters is 1. The van der Waals surface area contributed by atoms with Gasteiger partial charge < -0.3 is 23.7 Å². The molecule has 1 saturated heterocycles. The zero-order valence-electron chi connectivity index (χ0n) is 23.5. The second-order valence-electron chi connectivity index (χ2n) is 9.64. The average molecular weight is 649 g/mol. The van der Waals surface area contributed by atoms with Gasteiger partial charge in [-0.3, -0.25) is 14.5 Å². The lowest BCUT2D eigenvalue weighted by Crippen LogP contribution is -2.35. The van der Waals surface area contributed by atoms with Crippen molar-refractivity contribution in [2.24, 2.45) is 0 Å². The number of carbonyl (C=O) groups is 2. The second kappa shape index (κ2) is 12.8. The number of ether oxygens (including phenoxy) is 3. The van der Waals surface area contributed by atoms with Crippen molar-refractivity contribution in [3.8, 4) is 11.5 Å². The van der Waals surface area contributed by atoms with Crippen LogP contribution >= 0.6 is 28.1 Å². The molecule has 5 rings (SSSR count). The molecule has 4 aromatic rings. The first-order valence-electron chi connectivity index (χ1n) is 13.4. The highest BCUT2D eigenvalue weighted by Crippen LogP contribution is 2.33. The first-order chi connectivity index (χ1) is 20.3. The summed E-state index contributed by atoms with van der Waals surface area (Å²) in [4.78, 5) is 29.2. The molecule has 10 heteroatoms. The highest BCUT2D eigenvalue weighted by Gasteiger charge is 2.40. The number of hydrogen-bond acceptors (Lipinski definition) is 6. The Labute approximate surface area is 258 Å². The Bertz CT molecular complexity index is 1660. The normalized spacial score (nSPS) is 14.2. The molecule has 42 heavy (non-hydrogen) atoms. The summed E-state index contributed by atoms with van der Waals surface area (Å²) >= 11 is 9.30. The molecule has 0 saturated carbocycles. The third kappa shape index (κ3) is 6.19. The summed E-state index contributed by atoms with van der Waals surface area (Å²) in [6, 6.07) is 21.0. The summed E-state index contributed by atoms with van der Waals surface area (Å²) in [7, 11) is 1.31. The fraction of sp³-hybridized carbons (Fsp3) is 0.219. The first-order valence-corrected chi connectivity index (χ1v) is 14.6. The van der Waals surface area contributed by atoms with Crippen LogP contribution in [-0.2, 0) is 20.9 Å². The van der Waals surface area contributed by atoms with Crippen molar-refractivity contribution in [1.82, 2.24) is 9.47 Å². The first kappa shape index (κ1) is 29.3. The van der Waals surface area contributed by atoms with Crippen molar-refractivity contribution >= 4 is 67.8 Å². The van der Waals surface area contributed by atoms with Gasteiger partial charge in [0.25, 0.3) is 5.91 Å². The molecule has 1 amide bonds. The Morgan fingerprint density at radius 3 is 2.38 bits per heavy atom. The number of aromatic nitrogens is 1. The quantitative estimate of drug-likeness (QED) is 0.113. The van der Waals surface area contributed by atoms with Gasteiger partial charge in [0, 0.05) is 27.1 Å². The van der Waals surface area contributed by atoms with Crippen molar-refractivity contribution in [2.75, 3.05) is 31.8 Å². The van der Waals surface area contributed by atoms with Crippen LogP contribution in [0.25, 0.3) is 17.0 Å². The number of nitrogens with zero attached hydrogens (tertiary/aromatic N) is 3. The van der Waals surface area contributed by atoms with Crippen LogP contribution in [0.4, 0.5) is 5.69 Å². The number of methoxy groups -OCH3 is 1. The van der Waals surface area contributed by atoms with E-state index >= 15 is 0 Å². The van der Waals surface area contributed by atoms with Gasteiger partial charge >= 0.3 is 5.97 Å². The smallest absolute Gasteiger partial charge is 0.325 e. The molecule has 1 aliphatic rings. The summed E-state index contributed by atoms with van der Waals surface area (Å²) in [6.07, 6.45) is 3.76. The maximum Gasteiger partial charge on any atom is 0.325 e. The molecular formula is C32H30BrN3O5S. The molecule has 0 unspecified atom stereocenters. The number of carbonyl (C=O) groups excluding carboxylic acids is 2. The van der Waals surface area contributed by atoms with E-state index in [9.17, 15) is 9.59 Å². The maximum absolute atomic E-state index is 13.9. The highest BCUT2D eigenvalue weighted by molar-refractivity contribution is 9.10. The molecule has 0 radical (unpaired) electrons. The number of halogens is 1. The summed E-state index contributed by atoms with van der Waals surface area (Å²) in [5.41, 5.74) is 3.80. The number of benzene rings is 3. The lowest BCUT2D eigenvalue weighted by molar-refractivity contribution is -0.140. The number of amides is 1. The number of hydrogen-bond donors (Lipinski definition) is 0. The molecule has 1 aromatic heterocycles. The predicted octanol–water partition coefficient (Wildman–Crippen LogP) is 6.34. The van der Waals surface area contributed by atoms with Crippen LogP contribution in [0.5, 0.6) is 11.5 Å². The van der Waals surface area contributed by atoms with Gasteiger partial charge in [-0.05, 0) is 86.7 Å². The van der Waals surface area contributed by atoms with Crippen LogP contribution < -0.4 is 14.4 Å². The molecule has 0 spiro atoms. The van der Waals surface area contributed by atoms with Crippen LogP contribution in [0.1, 0.15) is 18.1 Å². The van der Waals surface area contributed by atoms with E-state index in [2.05, 4.69) is 20.5 Å². The number of fused-ring (bicyclic) bond motifs is 1. The van der Waals surface area contributed by atoms with E-state index in [-0.39, 0.29) is 23.3 Å². The van der Waals surface area contributed by atoms with Gasteiger partial charge in [-0.25, -0.2) is 0 Å². The van der Waals surface area contributed by atoms with E-state index in [4.69, 9.17) is 26.4 Å². The molecular weight excluding hydrogens is 618 g/mol.